The van der Waals surface area contributed by atoms with Gasteiger partial charge in [-0.2, -0.15) is 0 Å². The normalized spacial score (nSPS) is 14.7. The van der Waals surface area contributed by atoms with E-state index < -0.39 is 5.97 Å². The number of ether oxygens (including phenoxy) is 3. The van der Waals surface area contributed by atoms with Crippen LogP contribution >= 0.6 is 54.5 Å². The Balaban J connectivity index is 1.90. The standard InChI is InChI=1S/C21H18Br2INO4/c1-3-4-7-28-19-15(23)8-12(10-18(19)27-2)9-17-21(26)29-20(25-17)13-5-6-16(24)14(22)11-13/h5-6,8-11H,3-4,7H2,1-2H3/b17-9-. The van der Waals surface area contributed by atoms with Gasteiger partial charge in [0.1, 0.15) is 0 Å². The second kappa shape index (κ2) is 10.1. The lowest BCUT2D eigenvalue weighted by atomic mass is 10.1. The maximum absolute atomic E-state index is 12.3. The molecule has 2 aromatic rings. The molecule has 5 nitrogen and oxygen atoms in total. The van der Waals surface area contributed by atoms with Crippen molar-refractivity contribution >= 4 is 72.4 Å². The molecule has 8 heteroatoms. The van der Waals surface area contributed by atoms with E-state index in [1.165, 1.54) is 0 Å². The Kier molecular flexibility index (Phi) is 7.75. The number of nitrogens with zero attached hydrogens (tertiary/aromatic N) is 1. The Hall–Kier alpha value is -1.39. The van der Waals surface area contributed by atoms with Crippen LogP contribution in [0.4, 0.5) is 0 Å². The quantitative estimate of drug-likeness (QED) is 0.154. The number of rotatable bonds is 7. The van der Waals surface area contributed by atoms with E-state index in [4.69, 9.17) is 14.2 Å². The van der Waals surface area contributed by atoms with Crippen molar-refractivity contribution in [2.24, 2.45) is 4.99 Å². The number of hydrogen-bond donors (Lipinski definition) is 0. The van der Waals surface area contributed by atoms with E-state index in [0.717, 1.165) is 36.5 Å². The minimum absolute atomic E-state index is 0.225. The first kappa shape index (κ1) is 22.3. The number of hydrogen-bond acceptors (Lipinski definition) is 5. The Morgan fingerprint density at radius 2 is 2.00 bits per heavy atom. The van der Waals surface area contributed by atoms with Gasteiger partial charge in [-0.1, -0.05) is 13.3 Å². The van der Waals surface area contributed by atoms with Crippen LogP contribution in [0, 0.1) is 3.57 Å². The SMILES string of the molecule is CCCCOc1c(Br)cc(/C=C2\N=C(c3ccc(I)c(Br)c3)OC2=O)cc1OC. The minimum Gasteiger partial charge on any atom is -0.493 e. The fraction of sp³-hybridized carbons (Fsp3) is 0.238. The average molecular weight is 635 g/mol. The lowest BCUT2D eigenvalue weighted by molar-refractivity contribution is -0.129. The number of benzene rings is 2. The molecule has 0 atom stereocenters. The largest absolute Gasteiger partial charge is 0.493 e. The number of methoxy groups -OCH3 is 1. The van der Waals surface area contributed by atoms with Crippen LogP contribution in [0.15, 0.2) is 50.0 Å². The smallest absolute Gasteiger partial charge is 0.363 e. The zero-order valence-corrected chi connectivity index (χ0v) is 21.1. The number of cyclic esters (lactones) is 1. The van der Waals surface area contributed by atoms with Crippen molar-refractivity contribution in [1.29, 1.82) is 0 Å². The summed E-state index contributed by atoms with van der Waals surface area (Å²) in [4.78, 5) is 16.7. The molecule has 0 fully saturated rings. The number of carbonyl (C=O) groups excluding carboxylic acids is 1. The average Bonchev–Trinajstić information content (AvgIpc) is 3.05. The van der Waals surface area contributed by atoms with Crippen LogP contribution in [0.25, 0.3) is 6.08 Å². The van der Waals surface area contributed by atoms with Gasteiger partial charge in [0.2, 0.25) is 5.90 Å². The summed E-state index contributed by atoms with van der Waals surface area (Å²) in [6, 6.07) is 9.33. The Morgan fingerprint density at radius 3 is 2.69 bits per heavy atom. The molecule has 2 aromatic carbocycles. The highest BCUT2D eigenvalue weighted by Crippen LogP contribution is 2.37. The van der Waals surface area contributed by atoms with Crippen molar-refractivity contribution < 1.29 is 19.0 Å². The summed E-state index contributed by atoms with van der Waals surface area (Å²) in [6.45, 7) is 2.72. The first-order chi connectivity index (χ1) is 13.9. The fourth-order valence-electron chi connectivity index (χ4n) is 2.60. The van der Waals surface area contributed by atoms with Gasteiger partial charge in [-0.25, -0.2) is 9.79 Å². The number of aliphatic imine (C=N–C) groups is 1. The third-order valence-electron chi connectivity index (χ3n) is 4.09. The minimum atomic E-state index is -0.493. The molecule has 0 saturated heterocycles. The summed E-state index contributed by atoms with van der Waals surface area (Å²) in [5.74, 6) is 1.02. The van der Waals surface area contributed by atoms with Crippen molar-refractivity contribution in [1.82, 2.24) is 0 Å². The molecule has 0 N–H and O–H groups in total. The van der Waals surface area contributed by atoms with Crippen LogP contribution in [0.2, 0.25) is 0 Å². The number of carbonyl (C=O) groups is 1. The summed E-state index contributed by atoms with van der Waals surface area (Å²) in [7, 11) is 1.58. The lowest BCUT2D eigenvalue weighted by Crippen LogP contribution is -2.05. The monoisotopic (exact) mass is 633 g/mol. The summed E-state index contributed by atoms with van der Waals surface area (Å²) in [5.41, 5.74) is 1.70. The van der Waals surface area contributed by atoms with Crippen molar-refractivity contribution in [3.8, 4) is 11.5 Å². The van der Waals surface area contributed by atoms with Gasteiger partial charge in [-0.3, -0.25) is 0 Å². The highest BCUT2D eigenvalue weighted by atomic mass is 127. The first-order valence-electron chi connectivity index (χ1n) is 8.91. The van der Waals surface area contributed by atoms with Crippen LogP contribution in [-0.2, 0) is 9.53 Å². The summed E-state index contributed by atoms with van der Waals surface area (Å²) in [5, 5.41) is 0. The molecule has 0 aliphatic carbocycles. The zero-order valence-electron chi connectivity index (χ0n) is 15.8. The van der Waals surface area contributed by atoms with Crippen LogP contribution in [0.3, 0.4) is 0 Å². The van der Waals surface area contributed by atoms with E-state index in [2.05, 4.69) is 66.4 Å². The molecule has 0 spiro atoms. The van der Waals surface area contributed by atoms with E-state index in [1.807, 2.05) is 24.3 Å². The van der Waals surface area contributed by atoms with Gasteiger partial charge in [-0.15, -0.1) is 0 Å². The highest BCUT2D eigenvalue weighted by Gasteiger charge is 2.25. The first-order valence-corrected chi connectivity index (χ1v) is 11.6. The van der Waals surface area contributed by atoms with Crippen LogP contribution in [0.1, 0.15) is 30.9 Å². The molecular weight excluding hydrogens is 617 g/mol. The molecule has 152 valence electrons. The number of unbranched alkanes of at least 4 members (excludes halogenated alkanes) is 1. The van der Waals surface area contributed by atoms with Crippen molar-refractivity contribution in [3.05, 3.63) is 59.7 Å². The van der Waals surface area contributed by atoms with Gasteiger partial charge < -0.3 is 14.2 Å². The molecule has 0 aromatic heterocycles. The molecule has 1 aliphatic heterocycles. The van der Waals surface area contributed by atoms with Crippen LogP contribution in [0.5, 0.6) is 11.5 Å². The van der Waals surface area contributed by atoms with Gasteiger partial charge in [0.15, 0.2) is 17.2 Å². The van der Waals surface area contributed by atoms with Crippen molar-refractivity contribution in [3.63, 3.8) is 0 Å². The summed E-state index contributed by atoms with van der Waals surface area (Å²) in [6.07, 6.45) is 3.67. The molecule has 3 rings (SSSR count). The zero-order chi connectivity index (χ0) is 21.0. The third-order valence-corrected chi connectivity index (χ3v) is 7.01. The second-order valence-corrected chi connectivity index (χ2v) is 9.07. The lowest BCUT2D eigenvalue weighted by Gasteiger charge is -2.13. The Bertz CT molecular complexity index is 1000. The topological polar surface area (TPSA) is 57.1 Å². The van der Waals surface area contributed by atoms with Crippen molar-refractivity contribution in [2.75, 3.05) is 13.7 Å². The summed E-state index contributed by atoms with van der Waals surface area (Å²) >= 11 is 9.23. The van der Waals surface area contributed by atoms with E-state index >= 15 is 0 Å². The van der Waals surface area contributed by atoms with Gasteiger partial charge in [0, 0.05) is 13.6 Å². The second-order valence-electron chi connectivity index (χ2n) is 6.20. The fourth-order valence-corrected chi connectivity index (χ4v) is 3.89. The van der Waals surface area contributed by atoms with E-state index in [9.17, 15) is 4.79 Å². The van der Waals surface area contributed by atoms with E-state index in [1.54, 1.807) is 19.3 Å². The molecule has 0 amide bonds. The van der Waals surface area contributed by atoms with E-state index in [0.29, 0.717) is 18.1 Å². The highest BCUT2D eigenvalue weighted by molar-refractivity contribution is 14.1. The molecule has 1 heterocycles. The maximum atomic E-state index is 12.3. The molecule has 0 bridgehead atoms. The van der Waals surface area contributed by atoms with Crippen LogP contribution in [-0.4, -0.2) is 25.6 Å². The molecule has 29 heavy (non-hydrogen) atoms. The predicted molar refractivity (Wildman–Crippen MR) is 129 cm³/mol. The molecular formula is C21H18Br2INO4. The summed E-state index contributed by atoms with van der Waals surface area (Å²) < 4.78 is 19.4. The Morgan fingerprint density at radius 1 is 1.21 bits per heavy atom. The van der Waals surface area contributed by atoms with Gasteiger partial charge in [0.05, 0.1) is 18.2 Å². The molecule has 0 radical (unpaired) electrons. The molecule has 0 saturated carbocycles. The molecule has 0 unspecified atom stereocenters. The van der Waals surface area contributed by atoms with Crippen LogP contribution < -0.4 is 9.47 Å². The van der Waals surface area contributed by atoms with Gasteiger partial charge in [0.25, 0.3) is 0 Å². The third kappa shape index (κ3) is 5.40. The Labute approximate surface area is 199 Å². The predicted octanol–water partition coefficient (Wildman–Crippen LogP) is 6.35. The van der Waals surface area contributed by atoms with Gasteiger partial charge in [-0.05, 0) is 103 Å². The van der Waals surface area contributed by atoms with Gasteiger partial charge >= 0.3 is 5.97 Å². The molecule has 1 aliphatic rings. The maximum Gasteiger partial charge on any atom is 0.363 e. The number of halogens is 3. The van der Waals surface area contributed by atoms with Crippen molar-refractivity contribution in [2.45, 2.75) is 19.8 Å². The number of esters is 1. The van der Waals surface area contributed by atoms with E-state index in [-0.39, 0.29) is 11.6 Å².